The van der Waals surface area contributed by atoms with Crippen LogP contribution in [0.1, 0.15) is 20.3 Å². The number of hydrogen-bond acceptors (Lipinski definition) is 6. The van der Waals surface area contributed by atoms with Crippen LogP contribution in [-0.4, -0.2) is 62.7 Å². The zero-order valence-electron chi connectivity index (χ0n) is 17.3. The second-order valence-electron chi connectivity index (χ2n) is 8.36. The van der Waals surface area contributed by atoms with E-state index in [0.29, 0.717) is 6.04 Å². The SMILES string of the molecule is C[C@@H](O)[C@H]1C(=O)N2C(C(=O)O)=C(S[C@@H]3CN[C@H](CSc4cc[n+](C)cc4)C3)[C@H](C)[C@H]12. The molecule has 4 heterocycles. The van der Waals surface area contributed by atoms with Gasteiger partial charge in [0.1, 0.15) is 12.7 Å². The zero-order chi connectivity index (χ0) is 21.6. The maximum atomic E-state index is 12.5. The molecule has 3 aliphatic heterocycles. The van der Waals surface area contributed by atoms with Gasteiger partial charge in [0.2, 0.25) is 5.91 Å². The summed E-state index contributed by atoms with van der Waals surface area (Å²) < 4.78 is 2.01. The first-order chi connectivity index (χ1) is 14.3. The molecule has 0 unspecified atom stereocenters. The second-order valence-corrected chi connectivity index (χ2v) is 10.8. The van der Waals surface area contributed by atoms with Gasteiger partial charge in [0.25, 0.3) is 0 Å². The van der Waals surface area contributed by atoms with Gasteiger partial charge in [-0.3, -0.25) is 4.79 Å². The summed E-state index contributed by atoms with van der Waals surface area (Å²) in [5, 5.41) is 23.6. The van der Waals surface area contributed by atoms with Crippen LogP contribution in [0.25, 0.3) is 0 Å². The van der Waals surface area contributed by atoms with Crippen molar-refractivity contribution in [2.45, 2.75) is 48.6 Å². The number of rotatable bonds is 7. The molecule has 0 saturated carbocycles. The average Bonchev–Trinajstić information content (AvgIpc) is 3.23. The Kier molecular flexibility index (Phi) is 6.16. The van der Waals surface area contributed by atoms with Gasteiger partial charge in [0, 0.05) is 51.4 Å². The average molecular weight is 451 g/mol. The van der Waals surface area contributed by atoms with Gasteiger partial charge in [-0.25, -0.2) is 9.36 Å². The number of nitrogens with one attached hydrogen (secondary N) is 1. The van der Waals surface area contributed by atoms with Crippen LogP contribution >= 0.6 is 23.5 Å². The first-order valence-corrected chi connectivity index (χ1v) is 12.1. The summed E-state index contributed by atoms with van der Waals surface area (Å²) in [5.74, 6) is -0.949. The van der Waals surface area contributed by atoms with Crippen molar-refractivity contribution in [2.75, 3.05) is 12.3 Å². The van der Waals surface area contributed by atoms with Crippen LogP contribution in [0.3, 0.4) is 0 Å². The van der Waals surface area contributed by atoms with Crippen LogP contribution < -0.4 is 9.88 Å². The normalized spacial score (nSPS) is 31.7. The molecule has 1 amide bonds. The summed E-state index contributed by atoms with van der Waals surface area (Å²) in [6, 6.07) is 4.34. The van der Waals surface area contributed by atoms with E-state index in [9.17, 15) is 19.8 Å². The van der Waals surface area contributed by atoms with E-state index in [1.165, 1.54) is 9.80 Å². The van der Waals surface area contributed by atoms with Crippen LogP contribution in [0.15, 0.2) is 40.0 Å². The number of pyridine rings is 1. The number of carboxylic acids is 1. The van der Waals surface area contributed by atoms with Crippen molar-refractivity contribution in [3.05, 3.63) is 35.1 Å². The summed E-state index contributed by atoms with van der Waals surface area (Å²) in [5.41, 5.74) is 0.120. The smallest absolute Gasteiger partial charge is 0.353 e. The Morgan fingerprint density at radius 2 is 2.10 bits per heavy atom. The molecule has 9 heteroatoms. The highest BCUT2D eigenvalue weighted by Gasteiger charge is 2.60. The molecule has 7 nitrogen and oxygen atoms in total. The number of β-lactam (4-membered cyclic amide) rings is 1. The fourth-order valence-corrected chi connectivity index (χ4v) is 7.12. The molecule has 0 bridgehead atoms. The molecule has 0 spiro atoms. The molecule has 4 rings (SSSR count). The van der Waals surface area contributed by atoms with Crippen LogP contribution in [-0.2, 0) is 16.6 Å². The number of fused-ring (bicyclic) bond motifs is 1. The molecular weight excluding hydrogens is 422 g/mol. The molecule has 3 aliphatic rings. The molecule has 2 fully saturated rings. The lowest BCUT2D eigenvalue weighted by molar-refractivity contribution is -0.671. The molecular formula is C21H28N3O4S2+. The molecule has 6 atom stereocenters. The monoisotopic (exact) mass is 450 g/mol. The third-order valence-electron chi connectivity index (χ3n) is 6.19. The van der Waals surface area contributed by atoms with Crippen molar-refractivity contribution in [2.24, 2.45) is 18.9 Å². The summed E-state index contributed by atoms with van der Waals surface area (Å²) in [7, 11) is 2.00. The number of aliphatic hydroxyl groups is 1. The maximum Gasteiger partial charge on any atom is 0.353 e. The Morgan fingerprint density at radius 3 is 2.73 bits per heavy atom. The number of aromatic nitrogens is 1. The quantitative estimate of drug-likeness (QED) is 0.327. The molecule has 0 aromatic carbocycles. The molecule has 30 heavy (non-hydrogen) atoms. The van der Waals surface area contributed by atoms with Gasteiger partial charge in [-0.2, -0.15) is 0 Å². The van der Waals surface area contributed by atoms with E-state index < -0.39 is 18.0 Å². The van der Waals surface area contributed by atoms with Gasteiger partial charge in [-0.15, -0.1) is 23.5 Å². The number of carbonyl (C=O) groups is 2. The van der Waals surface area contributed by atoms with Crippen molar-refractivity contribution in [3.8, 4) is 0 Å². The first kappa shape index (κ1) is 21.7. The topological polar surface area (TPSA) is 93.8 Å². The predicted octanol–water partition coefficient (Wildman–Crippen LogP) is 1.22. The number of carbonyl (C=O) groups excluding carboxylic acids is 1. The van der Waals surface area contributed by atoms with E-state index >= 15 is 0 Å². The molecule has 0 radical (unpaired) electrons. The van der Waals surface area contributed by atoms with E-state index in [1.54, 1.807) is 18.7 Å². The Bertz CT molecular complexity index is 874. The highest BCUT2D eigenvalue weighted by Crippen LogP contribution is 2.51. The lowest BCUT2D eigenvalue weighted by atomic mass is 9.79. The van der Waals surface area contributed by atoms with Gasteiger partial charge >= 0.3 is 5.97 Å². The molecule has 1 aromatic heterocycles. The van der Waals surface area contributed by atoms with Crippen LogP contribution in [0.4, 0.5) is 0 Å². The fraction of sp³-hybridized carbons (Fsp3) is 0.571. The van der Waals surface area contributed by atoms with Crippen molar-refractivity contribution in [1.82, 2.24) is 10.2 Å². The zero-order valence-corrected chi connectivity index (χ0v) is 18.9. The van der Waals surface area contributed by atoms with Crippen molar-refractivity contribution >= 4 is 35.4 Å². The van der Waals surface area contributed by atoms with E-state index in [2.05, 4.69) is 17.4 Å². The van der Waals surface area contributed by atoms with Crippen molar-refractivity contribution in [3.63, 3.8) is 0 Å². The summed E-state index contributed by atoms with van der Waals surface area (Å²) in [4.78, 5) is 27.8. The molecule has 1 aromatic rings. The van der Waals surface area contributed by atoms with E-state index in [4.69, 9.17) is 0 Å². The Morgan fingerprint density at radius 1 is 1.40 bits per heavy atom. The largest absolute Gasteiger partial charge is 0.477 e. The fourth-order valence-electron chi connectivity index (χ4n) is 4.64. The molecule has 162 valence electrons. The van der Waals surface area contributed by atoms with E-state index in [1.807, 2.05) is 42.7 Å². The van der Waals surface area contributed by atoms with Crippen LogP contribution in [0.5, 0.6) is 0 Å². The Labute approximate surface area is 184 Å². The number of carboxylic acid groups (broad SMARTS) is 1. The van der Waals surface area contributed by atoms with Gasteiger partial charge in [-0.05, 0) is 13.3 Å². The number of nitrogens with zero attached hydrogens (tertiary/aromatic N) is 2. The minimum absolute atomic E-state index is 0.0723. The van der Waals surface area contributed by atoms with Crippen LogP contribution in [0, 0.1) is 11.8 Å². The van der Waals surface area contributed by atoms with Crippen LogP contribution in [0.2, 0.25) is 0 Å². The molecule has 0 aliphatic carbocycles. The lowest BCUT2D eigenvalue weighted by Crippen LogP contribution is -2.63. The minimum Gasteiger partial charge on any atom is -0.477 e. The highest BCUT2D eigenvalue weighted by atomic mass is 32.2. The number of aryl methyl sites for hydroxylation is 1. The lowest BCUT2D eigenvalue weighted by Gasteiger charge is -2.46. The summed E-state index contributed by atoms with van der Waals surface area (Å²) >= 11 is 3.42. The van der Waals surface area contributed by atoms with Gasteiger partial charge < -0.3 is 20.4 Å². The van der Waals surface area contributed by atoms with E-state index in [0.717, 1.165) is 23.6 Å². The third kappa shape index (κ3) is 3.88. The summed E-state index contributed by atoms with van der Waals surface area (Å²) in [6.45, 7) is 4.40. The first-order valence-electron chi connectivity index (χ1n) is 10.2. The van der Waals surface area contributed by atoms with Crippen molar-refractivity contribution < 1.29 is 24.4 Å². The highest BCUT2D eigenvalue weighted by molar-refractivity contribution is 8.03. The Balaban J connectivity index is 1.39. The standard InChI is InChI=1S/C21H27N3O4S2/c1-11-17-16(12(2)25)20(26)24(17)18(21(27)28)19(11)30-15-8-13(22-9-15)10-29-14-4-6-23(3)7-5-14/h4-7,11-13,15-17,22,25H,8-10H2,1-3H3/p+1/t11-,12-,13+,15+,16-,17-/m1/s1. The Hall–Kier alpha value is -1.55. The number of thioether (sulfide) groups is 2. The number of amides is 1. The summed E-state index contributed by atoms with van der Waals surface area (Å²) in [6.07, 6.45) is 4.27. The maximum absolute atomic E-state index is 12.5. The number of aliphatic carboxylic acids is 1. The van der Waals surface area contributed by atoms with E-state index in [-0.39, 0.29) is 28.8 Å². The minimum atomic E-state index is -1.06. The third-order valence-corrected chi connectivity index (χ3v) is 8.87. The molecule has 2 saturated heterocycles. The van der Waals surface area contributed by atoms with Gasteiger partial charge in [0.05, 0.1) is 18.1 Å². The van der Waals surface area contributed by atoms with Gasteiger partial charge in [-0.1, -0.05) is 6.92 Å². The van der Waals surface area contributed by atoms with Gasteiger partial charge in [0.15, 0.2) is 12.4 Å². The predicted molar refractivity (Wildman–Crippen MR) is 116 cm³/mol. The number of aliphatic hydroxyl groups excluding tert-OH is 1. The second kappa shape index (κ2) is 8.53. The molecule has 3 N–H and O–H groups in total. The number of hydrogen-bond donors (Lipinski definition) is 3. The van der Waals surface area contributed by atoms with Crippen molar-refractivity contribution in [1.29, 1.82) is 0 Å².